The summed E-state index contributed by atoms with van der Waals surface area (Å²) in [5, 5.41) is 13.6. The second kappa shape index (κ2) is 10.4. The van der Waals surface area contributed by atoms with Gasteiger partial charge in [0.25, 0.3) is 0 Å². The summed E-state index contributed by atoms with van der Waals surface area (Å²) in [4.78, 5) is 30.4. The molecule has 4 aromatic rings. The number of nitrogens with zero attached hydrogens (tertiary/aromatic N) is 4. The van der Waals surface area contributed by atoms with Gasteiger partial charge in [-0.15, -0.1) is 16.4 Å². The second-order valence-electron chi connectivity index (χ2n) is 9.09. The summed E-state index contributed by atoms with van der Waals surface area (Å²) in [5.41, 5.74) is 3.35. The topological polar surface area (TPSA) is 80.1 Å². The molecule has 1 fully saturated rings. The van der Waals surface area contributed by atoms with E-state index in [-0.39, 0.29) is 24.4 Å². The van der Waals surface area contributed by atoms with Crippen molar-refractivity contribution in [2.45, 2.75) is 57.8 Å². The molecule has 1 aliphatic rings. The highest BCUT2D eigenvalue weighted by atomic mass is 32.1. The number of para-hydroxylation sites is 1. The number of aryl methyl sites for hydroxylation is 1. The molecule has 180 valence electrons. The molecule has 5 rings (SSSR count). The minimum absolute atomic E-state index is 0.00494. The van der Waals surface area contributed by atoms with Gasteiger partial charge in [-0.05, 0) is 54.5 Å². The van der Waals surface area contributed by atoms with E-state index in [2.05, 4.69) is 15.6 Å². The highest BCUT2D eigenvalue weighted by molar-refractivity contribution is 7.09. The van der Waals surface area contributed by atoms with Crippen molar-refractivity contribution in [3.63, 3.8) is 0 Å². The Bertz CT molecular complexity index is 1310. The minimum Gasteiger partial charge on any atom is -0.351 e. The zero-order chi connectivity index (χ0) is 24.2. The summed E-state index contributed by atoms with van der Waals surface area (Å²) in [7, 11) is 0. The Morgan fingerprint density at radius 2 is 1.86 bits per heavy atom. The number of carbonyl (C=O) groups is 2. The quantitative estimate of drug-likeness (QED) is 0.393. The SMILES string of the molecule is Cc1ccccc1C(C(=O)NC1CCCC1)N(Cc1cccs1)C(=O)Cn1nnc2ccccc21. The van der Waals surface area contributed by atoms with Crippen LogP contribution >= 0.6 is 11.3 Å². The second-order valence-corrected chi connectivity index (χ2v) is 10.1. The van der Waals surface area contributed by atoms with Gasteiger partial charge in [-0.25, -0.2) is 4.68 Å². The lowest BCUT2D eigenvalue weighted by atomic mass is 9.98. The predicted molar refractivity (Wildman–Crippen MR) is 137 cm³/mol. The lowest BCUT2D eigenvalue weighted by Crippen LogP contribution is -2.46. The fraction of sp³-hybridized carbons (Fsp3) is 0.333. The van der Waals surface area contributed by atoms with Crippen LogP contribution in [0.2, 0.25) is 0 Å². The third-order valence-corrected chi connectivity index (χ3v) is 7.54. The third-order valence-electron chi connectivity index (χ3n) is 6.68. The lowest BCUT2D eigenvalue weighted by molar-refractivity contribution is -0.142. The Hall–Kier alpha value is -3.52. The van der Waals surface area contributed by atoms with Crippen molar-refractivity contribution in [3.8, 4) is 0 Å². The van der Waals surface area contributed by atoms with Gasteiger partial charge in [-0.2, -0.15) is 0 Å². The van der Waals surface area contributed by atoms with E-state index in [1.54, 1.807) is 20.9 Å². The first-order valence-corrected chi connectivity index (χ1v) is 12.9. The molecule has 0 bridgehead atoms. The van der Waals surface area contributed by atoms with E-state index in [1.165, 1.54) is 0 Å². The van der Waals surface area contributed by atoms with Crippen LogP contribution < -0.4 is 5.32 Å². The van der Waals surface area contributed by atoms with Crippen LogP contribution in [0, 0.1) is 6.92 Å². The van der Waals surface area contributed by atoms with E-state index in [4.69, 9.17) is 0 Å². The van der Waals surface area contributed by atoms with E-state index in [0.29, 0.717) is 6.54 Å². The molecule has 1 N–H and O–H groups in total. The van der Waals surface area contributed by atoms with Crippen molar-refractivity contribution >= 4 is 34.2 Å². The number of nitrogens with one attached hydrogen (secondary N) is 1. The molecule has 0 saturated heterocycles. The molecule has 1 atom stereocenters. The van der Waals surface area contributed by atoms with Crippen molar-refractivity contribution in [1.29, 1.82) is 0 Å². The maximum Gasteiger partial charge on any atom is 0.247 e. The van der Waals surface area contributed by atoms with Gasteiger partial charge in [0.2, 0.25) is 11.8 Å². The summed E-state index contributed by atoms with van der Waals surface area (Å²) in [5.74, 6) is -0.302. The molecule has 0 radical (unpaired) electrons. The van der Waals surface area contributed by atoms with Gasteiger partial charge < -0.3 is 10.2 Å². The van der Waals surface area contributed by atoms with Crippen LogP contribution in [0.5, 0.6) is 0 Å². The van der Waals surface area contributed by atoms with Crippen molar-refractivity contribution in [2.75, 3.05) is 0 Å². The standard InChI is InChI=1S/C27H29N5O2S/c1-19-9-2-5-13-22(19)26(27(34)28-20-10-3-4-11-20)31(17-21-12-8-16-35-21)25(33)18-32-24-15-7-6-14-23(24)29-30-32/h2,5-9,12-16,20,26H,3-4,10-11,17-18H2,1H3,(H,28,34). The van der Waals surface area contributed by atoms with Gasteiger partial charge in [-0.3, -0.25) is 9.59 Å². The molecule has 8 heteroatoms. The summed E-state index contributed by atoms with van der Waals surface area (Å²) >= 11 is 1.58. The molecule has 2 aromatic carbocycles. The van der Waals surface area contributed by atoms with Gasteiger partial charge in [0.15, 0.2) is 0 Å². The summed E-state index contributed by atoms with van der Waals surface area (Å²) < 4.78 is 1.61. The number of benzene rings is 2. The molecule has 7 nitrogen and oxygen atoms in total. The molecule has 2 amide bonds. The lowest BCUT2D eigenvalue weighted by Gasteiger charge is -2.33. The Kier molecular flexibility index (Phi) is 6.90. The number of thiophene rings is 1. The summed E-state index contributed by atoms with van der Waals surface area (Å²) in [6.07, 6.45) is 4.21. The Morgan fingerprint density at radius 1 is 1.09 bits per heavy atom. The third kappa shape index (κ3) is 5.12. The first kappa shape index (κ1) is 23.2. The van der Waals surface area contributed by atoms with Crippen molar-refractivity contribution in [1.82, 2.24) is 25.2 Å². The number of carbonyl (C=O) groups excluding carboxylic acids is 2. The molecule has 1 aliphatic carbocycles. The maximum absolute atomic E-state index is 13.9. The zero-order valence-electron chi connectivity index (χ0n) is 19.8. The van der Waals surface area contributed by atoms with Crippen LogP contribution in [0.25, 0.3) is 11.0 Å². The van der Waals surface area contributed by atoms with Crippen LogP contribution in [-0.4, -0.2) is 37.7 Å². The van der Waals surface area contributed by atoms with Gasteiger partial charge in [0.05, 0.1) is 12.1 Å². The first-order chi connectivity index (χ1) is 17.1. The number of hydrogen-bond donors (Lipinski definition) is 1. The average molecular weight is 488 g/mol. The predicted octanol–water partition coefficient (Wildman–Crippen LogP) is 4.63. The first-order valence-electron chi connectivity index (χ1n) is 12.1. The number of hydrogen-bond acceptors (Lipinski definition) is 5. The van der Waals surface area contributed by atoms with E-state index >= 15 is 0 Å². The summed E-state index contributed by atoms with van der Waals surface area (Å²) in [6.45, 7) is 2.34. The average Bonchev–Trinajstić information content (AvgIpc) is 3.63. The monoisotopic (exact) mass is 487 g/mol. The van der Waals surface area contributed by atoms with Crippen LogP contribution in [0.15, 0.2) is 66.0 Å². The molecular weight excluding hydrogens is 458 g/mol. The largest absolute Gasteiger partial charge is 0.351 e. The number of amides is 2. The smallest absolute Gasteiger partial charge is 0.247 e. The van der Waals surface area contributed by atoms with Gasteiger partial charge in [0, 0.05) is 10.9 Å². The van der Waals surface area contributed by atoms with Gasteiger partial charge in [-0.1, -0.05) is 60.5 Å². The number of fused-ring (bicyclic) bond motifs is 1. The van der Waals surface area contributed by atoms with Crippen LogP contribution in [-0.2, 0) is 22.7 Å². The fourth-order valence-corrected chi connectivity index (χ4v) is 5.54. The Labute approximate surface area is 208 Å². The number of aromatic nitrogens is 3. The minimum atomic E-state index is -0.735. The van der Waals surface area contributed by atoms with Gasteiger partial charge in [0.1, 0.15) is 18.1 Å². The molecule has 1 saturated carbocycles. The Morgan fingerprint density at radius 3 is 2.63 bits per heavy atom. The van der Waals surface area contributed by atoms with Gasteiger partial charge >= 0.3 is 0 Å². The molecular formula is C27H29N5O2S. The Balaban J connectivity index is 1.52. The molecule has 0 spiro atoms. The summed E-state index contributed by atoms with van der Waals surface area (Å²) in [6, 6.07) is 18.8. The normalized spacial score (nSPS) is 14.8. The van der Waals surface area contributed by atoms with E-state index < -0.39 is 6.04 Å². The molecule has 2 aromatic heterocycles. The highest BCUT2D eigenvalue weighted by Crippen LogP contribution is 2.29. The fourth-order valence-electron chi connectivity index (χ4n) is 4.84. The van der Waals surface area contributed by atoms with Crippen LogP contribution in [0.3, 0.4) is 0 Å². The molecule has 1 unspecified atom stereocenters. The number of rotatable bonds is 8. The highest BCUT2D eigenvalue weighted by Gasteiger charge is 2.34. The van der Waals surface area contributed by atoms with Crippen LogP contribution in [0.4, 0.5) is 0 Å². The van der Waals surface area contributed by atoms with Crippen molar-refractivity contribution in [2.24, 2.45) is 0 Å². The van der Waals surface area contributed by atoms with E-state index in [9.17, 15) is 9.59 Å². The molecule has 0 aliphatic heterocycles. The van der Waals surface area contributed by atoms with Crippen molar-refractivity contribution in [3.05, 3.63) is 82.0 Å². The van der Waals surface area contributed by atoms with Crippen molar-refractivity contribution < 1.29 is 9.59 Å². The van der Waals surface area contributed by atoms with Crippen LogP contribution in [0.1, 0.15) is 47.7 Å². The van der Waals surface area contributed by atoms with E-state index in [1.807, 2.05) is 73.0 Å². The maximum atomic E-state index is 13.9. The van der Waals surface area contributed by atoms with E-state index in [0.717, 1.165) is 52.7 Å². The molecule has 2 heterocycles. The molecule has 35 heavy (non-hydrogen) atoms. The zero-order valence-corrected chi connectivity index (χ0v) is 20.6.